The molecule has 0 fully saturated rings. The maximum Gasteiger partial charge on any atom is 0.0152 e. The molecule has 0 aliphatic heterocycles. The minimum Gasteiger partial charge on any atom is -0.760 e. The molecule has 0 heterocycles. The normalized spacial score (nSPS) is 15.5. The van der Waals surface area contributed by atoms with E-state index in [2.05, 4.69) is 10.3 Å². The van der Waals surface area contributed by atoms with Gasteiger partial charge in [0.15, 0.2) is 0 Å². The van der Waals surface area contributed by atoms with E-state index in [-0.39, 0.29) is 0 Å². The van der Waals surface area contributed by atoms with Gasteiger partial charge in [-0.25, -0.2) is 0 Å². The first-order valence-electron chi connectivity index (χ1n) is 1.14. The van der Waals surface area contributed by atoms with Crippen LogP contribution in [0.2, 0.25) is 0 Å². The molecule has 0 amide bonds. The molecule has 0 radical (unpaired) electrons. The summed E-state index contributed by atoms with van der Waals surface area (Å²) in [7, 11) is 0. The van der Waals surface area contributed by atoms with E-state index in [4.69, 9.17) is 17.5 Å². The van der Waals surface area contributed by atoms with Gasteiger partial charge in [-0.05, 0) is 0 Å². The van der Waals surface area contributed by atoms with Crippen molar-refractivity contribution < 1.29 is 17.5 Å². The Morgan fingerprint density at radius 2 is 1.00 bits per heavy atom. The standard InChI is InChI=1S/2H3NO2S/c2*1-4(2)3/h2*1H2,(H,2,3)/p-2. The number of rotatable bonds is 0. The van der Waals surface area contributed by atoms with Crippen molar-refractivity contribution in [1.29, 1.82) is 0 Å². The molecule has 8 heteroatoms. The molecule has 2 atom stereocenters. The quantitative estimate of drug-likeness (QED) is 0.378. The Kier molecular flexibility index (Phi) is 9.82. The fourth-order valence-corrected chi connectivity index (χ4v) is 0. The highest BCUT2D eigenvalue weighted by Gasteiger charge is 1.39. The third-order valence-electron chi connectivity index (χ3n) is 0. The molecule has 6 nitrogen and oxygen atoms in total. The van der Waals surface area contributed by atoms with E-state index in [1.807, 2.05) is 0 Å². The lowest BCUT2D eigenvalue weighted by Gasteiger charge is -1.85. The molecule has 0 saturated heterocycles. The van der Waals surface area contributed by atoms with Gasteiger partial charge in [0.1, 0.15) is 0 Å². The molecule has 2 unspecified atom stereocenters. The highest BCUT2D eigenvalue weighted by molar-refractivity contribution is 7.76. The van der Waals surface area contributed by atoms with Gasteiger partial charge in [-0.3, -0.25) is 18.7 Å². The summed E-state index contributed by atoms with van der Waals surface area (Å²) in [6.45, 7) is 0. The average molecular weight is 160 g/mol. The van der Waals surface area contributed by atoms with Crippen molar-refractivity contribution in [3.63, 3.8) is 0 Å². The van der Waals surface area contributed by atoms with Gasteiger partial charge in [0.25, 0.3) is 0 Å². The highest BCUT2D eigenvalue weighted by atomic mass is 32.2. The van der Waals surface area contributed by atoms with Crippen molar-refractivity contribution in [3.05, 3.63) is 0 Å². The van der Waals surface area contributed by atoms with Crippen molar-refractivity contribution in [2.75, 3.05) is 0 Å². The summed E-state index contributed by atoms with van der Waals surface area (Å²) in [4.78, 5) is 0. The zero-order chi connectivity index (χ0) is 7.15. The molecule has 4 N–H and O–H groups in total. The van der Waals surface area contributed by atoms with Crippen molar-refractivity contribution in [1.82, 2.24) is 0 Å². The third kappa shape index (κ3) is 8280. The molecule has 0 aromatic heterocycles. The van der Waals surface area contributed by atoms with Crippen LogP contribution >= 0.6 is 0 Å². The maximum absolute atomic E-state index is 8.78. The van der Waals surface area contributed by atoms with E-state index in [0.717, 1.165) is 0 Å². The lowest BCUT2D eigenvalue weighted by molar-refractivity contribution is 0.537. The van der Waals surface area contributed by atoms with Gasteiger partial charge in [0.05, 0.1) is 0 Å². The Morgan fingerprint density at radius 3 is 1.00 bits per heavy atom. The summed E-state index contributed by atoms with van der Waals surface area (Å²) in [5, 5.41) is 8.06. The maximum atomic E-state index is 8.78. The smallest absolute Gasteiger partial charge is 0.0152 e. The van der Waals surface area contributed by atoms with Crippen LogP contribution in [0.4, 0.5) is 0 Å². The lowest BCUT2D eigenvalue weighted by Crippen LogP contribution is -1.97. The van der Waals surface area contributed by atoms with Gasteiger partial charge >= 0.3 is 0 Å². The van der Waals surface area contributed by atoms with E-state index in [1.54, 1.807) is 0 Å². The molecule has 0 rings (SSSR count). The van der Waals surface area contributed by atoms with Gasteiger partial charge < -0.3 is 9.11 Å². The largest absolute Gasteiger partial charge is 0.760 e. The van der Waals surface area contributed by atoms with Gasteiger partial charge in [-0.2, -0.15) is 0 Å². The van der Waals surface area contributed by atoms with Gasteiger partial charge in [0.2, 0.25) is 0 Å². The number of hydrogen-bond donors (Lipinski definition) is 2. The molecule has 0 saturated carbocycles. The molecule has 0 aromatic rings. The van der Waals surface area contributed by atoms with Crippen LogP contribution in [0, 0.1) is 0 Å². The predicted octanol–water partition coefficient (Wildman–Crippen LogP) is -2.52. The molecular weight excluding hydrogens is 156 g/mol. The van der Waals surface area contributed by atoms with Crippen LogP contribution in [0.25, 0.3) is 0 Å². The van der Waals surface area contributed by atoms with Crippen LogP contribution in [0.5, 0.6) is 0 Å². The molecule has 0 aliphatic carbocycles. The fourth-order valence-electron chi connectivity index (χ4n) is 0. The SMILES string of the molecule is NS(=O)[O-].NS(=O)[O-]. The van der Waals surface area contributed by atoms with Crippen LogP contribution in [0.1, 0.15) is 0 Å². The summed E-state index contributed by atoms with van der Waals surface area (Å²) >= 11 is -4.72. The van der Waals surface area contributed by atoms with Crippen molar-refractivity contribution in [2.45, 2.75) is 0 Å². The first-order chi connectivity index (χ1) is 3.46. The second kappa shape index (κ2) is 7.14. The van der Waals surface area contributed by atoms with Crippen molar-refractivity contribution in [3.8, 4) is 0 Å². The Morgan fingerprint density at radius 1 is 1.00 bits per heavy atom. The molecule has 0 bridgehead atoms. The Balaban J connectivity index is 0. The lowest BCUT2D eigenvalue weighted by atomic mass is 13.9. The number of nitrogens with two attached hydrogens (primary N) is 2. The Hall–Kier alpha value is 0.140. The monoisotopic (exact) mass is 160 g/mol. The Labute approximate surface area is 51.1 Å². The minimum absolute atomic E-state index is 2.36. The van der Waals surface area contributed by atoms with Gasteiger partial charge in [-0.15, -0.1) is 0 Å². The van der Waals surface area contributed by atoms with Crippen molar-refractivity contribution >= 4 is 22.5 Å². The molecule has 0 aliphatic rings. The molecule has 0 aromatic carbocycles. The fraction of sp³-hybridized carbons (Fsp3) is 0. The van der Waals surface area contributed by atoms with E-state index in [0.29, 0.717) is 0 Å². The van der Waals surface area contributed by atoms with Gasteiger partial charge in [-0.1, -0.05) is 0 Å². The number of hydrogen-bond acceptors (Lipinski definition) is 4. The first kappa shape index (κ1) is 11.0. The third-order valence-corrected chi connectivity index (χ3v) is 0. The zero-order valence-corrected chi connectivity index (χ0v) is 5.24. The summed E-state index contributed by atoms with van der Waals surface area (Å²) < 4.78 is 35.1. The van der Waals surface area contributed by atoms with E-state index in [1.165, 1.54) is 0 Å². The van der Waals surface area contributed by atoms with Crippen LogP contribution in [0.15, 0.2) is 0 Å². The van der Waals surface area contributed by atoms with Crippen LogP contribution < -0.4 is 10.3 Å². The average Bonchev–Trinajstić information content (AvgIpc) is 1.25. The van der Waals surface area contributed by atoms with E-state index >= 15 is 0 Å². The molecule has 8 heavy (non-hydrogen) atoms. The summed E-state index contributed by atoms with van der Waals surface area (Å²) in [6, 6.07) is 0. The topological polar surface area (TPSA) is 132 Å². The van der Waals surface area contributed by atoms with Gasteiger partial charge in [0, 0.05) is 22.5 Å². The summed E-state index contributed by atoms with van der Waals surface area (Å²) in [5.74, 6) is 0. The first-order valence-corrected chi connectivity index (χ1v) is 3.41. The van der Waals surface area contributed by atoms with E-state index in [9.17, 15) is 0 Å². The minimum atomic E-state index is -2.36. The second-order valence-corrected chi connectivity index (χ2v) is 1.56. The Bertz CT molecular complexity index is 70.0. The summed E-state index contributed by atoms with van der Waals surface area (Å²) in [6.07, 6.45) is 0. The molecule has 52 valence electrons. The van der Waals surface area contributed by atoms with E-state index < -0.39 is 22.5 Å². The molecule has 0 spiro atoms. The van der Waals surface area contributed by atoms with Crippen LogP contribution in [-0.2, 0) is 22.5 Å². The predicted molar refractivity (Wildman–Crippen MR) is 26.2 cm³/mol. The van der Waals surface area contributed by atoms with Crippen LogP contribution in [0.3, 0.4) is 0 Å². The van der Waals surface area contributed by atoms with Crippen LogP contribution in [-0.4, -0.2) is 17.5 Å². The van der Waals surface area contributed by atoms with Crippen molar-refractivity contribution in [2.24, 2.45) is 10.3 Å². The summed E-state index contributed by atoms with van der Waals surface area (Å²) in [5.41, 5.74) is 0. The second-order valence-electron chi connectivity index (χ2n) is 0.521. The highest BCUT2D eigenvalue weighted by Crippen LogP contribution is 1.33. The molecular formula is H4N2O4S2-2. The zero-order valence-electron chi connectivity index (χ0n) is 3.60.